The Kier molecular flexibility index (Phi) is 3.73. The monoisotopic (exact) mass is 308 g/mol. The van der Waals surface area contributed by atoms with Crippen molar-refractivity contribution in [1.82, 2.24) is 10.2 Å². The SMILES string of the molecule is C[C@@H](NC1CCN2CCC1C2)c1cccc(Br)c1. The molecule has 1 aromatic carbocycles. The van der Waals surface area contributed by atoms with E-state index in [1.54, 1.807) is 0 Å². The zero-order valence-electron chi connectivity index (χ0n) is 10.9. The lowest BCUT2D eigenvalue weighted by Gasteiger charge is -2.33. The maximum absolute atomic E-state index is 3.84. The summed E-state index contributed by atoms with van der Waals surface area (Å²) in [6.07, 6.45) is 2.69. The summed E-state index contributed by atoms with van der Waals surface area (Å²) in [5.74, 6) is 0.869. The minimum Gasteiger partial charge on any atom is -0.307 e. The highest BCUT2D eigenvalue weighted by Gasteiger charge is 2.34. The van der Waals surface area contributed by atoms with Gasteiger partial charge in [-0.25, -0.2) is 0 Å². The van der Waals surface area contributed by atoms with Gasteiger partial charge in [0, 0.05) is 23.1 Å². The first-order valence-electron chi connectivity index (χ1n) is 6.96. The quantitative estimate of drug-likeness (QED) is 0.922. The Morgan fingerprint density at radius 1 is 1.33 bits per heavy atom. The summed E-state index contributed by atoms with van der Waals surface area (Å²) in [7, 11) is 0. The highest BCUT2D eigenvalue weighted by molar-refractivity contribution is 9.10. The third kappa shape index (κ3) is 2.63. The largest absolute Gasteiger partial charge is 0.307 e. The smallest absolute Gasteiger partial charge is 0.0294 e. The zero-order valence-corrected chi connectivity index (χ0v) is 12.5. The summed E-state index contributed by atoms with van der Waals surface area (Å²) in [6.45, 7) is 6.18. The van der Waals surface area contributed by atoms with Crippen molar-refractivity contribution in [1.29, 1.82) is 0 Å². The average Bonchev–Trinajstić information content (AvgIpc) is 2.76. The highest BCUT2D eigenvalue weighted by atomic mass is 79.9. The Labute approximate surface area is 118 Å². The number of rotatable bonds is 3. The second-order valence-electron chi connectivity index (χ2n) is 5.69. The fraction of sp³-hybridized carbons (Fsp3) is 0.600. The predicted molar refractivity (Wildman–Crippen MR) is 78.6 cm³/mol. The summed E-state index contributed by atoms with van der Waals surface area (Å²) in [5.41, 5.74) is 1.38. The summed E-state index contributed by atoms with van der Waals surface area (Å²) >= 11 is 3.55. The molecule has 2 bridgehead atoms. The standard InChI is InChI=1S/C15H21BrN2/c1-11(12-3-2-4-14(16)9-12)17-15-6-8-18-7-5-13(15)10-18/h2-4,9,11,13,15,17H,5-8,10H2,1H3/t11-,13?,15?/m1/s1. The molecule has 4 atom stereocenters. The maximum atomic E-state index is 3.84. The van der Waals surface area contributed by atoms with Gasteiger partial charge in [0.25, 0.3) is 0 Å². The van der Waals surface area contributed by atoms with Gasteiger partial charge in [0.1, 0.15) is 0 Å². The number of nitrogens with zero attached hydrogens (tertiary/aromatic N) is 1. The Morgan fingerprint density at radius 2 is 2.17 bits per heavy atom. The van der Waals surface area contributed by atoms with Crippen LogP contribution in [0.25, 0.3) is 0 Å². The molecule has 2 heterocycles. The molecular formula is C15H21BrN2. The lowest BCUT2D eigenvalue weighted by molar-refractivity contribution is 0.212. The van der Waals surface area contributed by atoms with Crippen molar-refractivity contribution in [2.24, 2.45) is 5.92 Å². The van der Waals surface area contributed by atoms with Crippen LogP contribution >= 0.6 is 15.9 Å². The molecule has 3 heteroatoms. The molecule has 0 aromatic heterocycles. The van der Waals surface area contributed by atoms with E-state index in [9.17, 15) is 0 Å². The van der Waals surface area contributed by atoms with Crippen molar-refractivity contribution in [3.63, 3.8) is 0 Å². The molecular weight excluding hydrogens is 288 g/mol. The van der Waals surface area contributed by atoms with Crippen LogP contribution in [0.3, 0.4) is 0 Å². The van der Waals surface area contributed by atoms with Crippen molar-refractivity contribution in [2.45, 2.75) is 31.8 Å². The Morgan fingerprint density at radius 3 is 3.00 bits per heavy atom. The minimum absolute atomic E-state index is 0.444. The second kappa shape index (κ2) is 5.32. The van der Waals surface area contributed by atoms with Gasteiger partial charge in [-0.2, -0.15) is 0 Å². The molecule has 2 saturated heterocycles. The fourth-order valence-corrected chi connectivity index (χ4v) is 3.78. The number of piperidine rings is 1. The van der Waals surface area contributed by atoms with Gasteiger partial charge in [-0.1, -0.05) is 28.1 Å². The molecule has 0 spiro atoms. The molecule has 0 aliphatic carbocycles. The van der Waals surface area contributed by atoms with E-state index in [2.05, 4.69) is 57.3 Å². The predicted octanol–water partition coefficient (Wildman–Crippen LogP) is 3.19. The van der Waals surface area contributed by atoms with Gasteiger partial charge in [-0.05, 0) is 56.5 Å². The van der Waals surface area contributed by atoms with E-state index in [0.29, 0.717) is 12.1 Å². The first-order chi connectivity index (χ1) is 8.72. The van der Waals surface area contributed by atoms with Crippen molar-refractivity contribution in [3.8, 4) is 0 Å². The van der Waals surface area contributed by atoms with E-state index in [1.807, 2.05) is 0 Å². The molecule has 2 aliphatic heterocycles. The fourth-order valence-electron chi connectivity index (χ4n) is 3.36. The van der Waals surface area contributed by atoms with Crippen LogP contribution in [-0.4, -0.2) is 30.6 Å². The molecule has 3 rings (SSSR count). The van der Waals surface area contributed by atoms with Gasteiger partial charge in [0.05, 0.1) is 0 Å². The topological polar surface area (TPSA) is 15.3 Å². The van der Waals surface area contributed by atoms with Gasteiger partial charge in [-0.3, -0.25) is 0 Å². The summed E-state index contributed by atoms with van der Waals surface area (Å²) in [6, 6.07) is 9.80. The molecule has 1 N–H and O–H groups in total. The van der Waals surface area contributed by atoms with Gasteiger partial charge >= 0.3 is 0 Å². The average molecular weight is 309 g/mol. The molecule has 98 valence electrons. The lowest BCUT2D eigenvalue weighted by Crippen LogP contribution is -2.44. The van der Waals surface area contributed by atoms with Crippen LogP contribution in [0, 0.1) is 5.92 Å². The summed E-state index contributed by atoms with van der Waals surface area (Å²) in [5, 5.41) is 3.84. The second-order valence-corrected chi connectivity index (χ2v) is 6.60. The Balaban J connectivity index is 1.65. The maximum Gasteiger partial charge on any atom is 0.0294 e. The third-order valence-corrected chi connectivity index (χ3v) is 4.94. The van der Waals surface area contributed by atoms with Crippen molar-refractivity contribution in [2.75, 3.05) is 19.6 Å². The molecule has 3 unspecified atom stereocenters. The summed E-state index contributed by atoms with van der Waals surface area (Å²) < 4.78 is 1.17. The van der Waals surface area contributed by atoms with Gasteiger partial charge in [0.15, 0.2) is 0 Å². The number of fused-ring (bicyclic) bond motifs is 2. The Hall–Kier alpha value is -0.380. The van der Waals surface area contributed by atoms with Crippen LogP contribution in [0.4, 0.5) is 0 Å². The van der Waals surface area contributed by atoms with Gasteiger partial charge in [-0.15, -0.1) is 0 Å². The number of nitrogens with one attached hydrogen (secondary N) is 1. The van der Waals surface area contributed by atoms with E-state index < -0.39 is 0 Å². The van der Waals surface area contributed by atoms with E-state index in [0.717, 1.165) is 5.92 Å². The van der Waals surface area contributed by atoms with Crippen LogP contribution in [0.2, 0.25) is 0 Å². The molecule has 0 amide bonds. The number of benzene rings is 1. The van der Waals surface area contributed by atoms with Gasteiger partial charge < -0.3 is 10.2 Å². The summed E-state index contributed by atoms with van der Waals surface area (Å²) in [4.78, 5) is 2.60. The van der Waals surface area contributed by atoms with Crippen LogP contribution < -0.4 is 5.32 Å². The van der Waals surface area contributed by atoms with Crippen LogP contribution in [0.1, 0.15) is 31.4 Å². The molecule has 18 heavy (non-hydrogen) atoms. The first kappa shape index (κ1) is 12.6. The molecule has 0 saturated carbocycles. The van der Waals surface area contributed by atoms with Crippen molar-refractivity contribution < 1.29 is 0 Å². The van der Waals surface area contributed by atoms with Crippen molar-refractivity contribution in [3.05, 3.63) is 34.3 Å². The van der Waals surface area contributed by atoms with Gasteiger partial charge in [0.2, 0.25) is 0 Å². The minimum atomic E-state index is 0.444. The molecule has 2 nitrogen and oxygen atoms in total. The normalized spacial score (nSPS) is 32.4. The number of hydrogen-bond donors (Lipinski definition) is 1. The zero-order chi connectivity index (χ0) is 12.5. The Bertz CT molecular complexity index is 421. The van der Waals surface area contributed by atoms with E-state index in [-0.39, 0.29) is 0 Å². The first-order valence-corrected chi connectivity index (χ1v) is 7.75. The lowest BCUT2D eigenvalue weighted by atomic mass is 9.93. The van der Waals surface area contributed by atoms with E-state index in [4.69, 9.17) is 0 Å². The van der Waals surface area contributed by atoms with Crippen molar-refractivity contribution >= 4 is 15.9 Å². The molecule has 2 fully saturated rings. The van der Waals surface area contributed by atoms with Crippen LogP contribution in [-0.2, 0) is 0 Å². The highest BCUT2D eigenvalue weighted by Crippen LogP contribution is 2.29. The molecule has 2 aliphatic rings. The third-order valence-electron chi connectivity index (χ3n) is 4.45. The number of halogens is 1. The molecule has 1 aromatic rings. The van der Waals surface area contributed by atoms with Crippen LogP contribution in [0.5, 0.6) is 0 Å². The van der Waals surface area contributed by atoms with E-state index >= 15 is 0 Å². The number of hydrogen-bond acceptors (Lipinski definition) is 2. The van der Waals surface area contributed by atoms with E-state index in [1.165, 1.54) is 42.5 Å². The molecule has 0 radical (unpaired) electrons. The van der Waals surface area contributed by atoms with Crippen LogP contribution in [0.15, 0.2) is 28.7 Å².